The number of nitro groups is 1. The molecular weight excluding hydrogens is 224 g/mol. The number of nitrogens with one attached hydrogen (secondary N) is 1. The van der Waals surface area contributed by atoms with Crippen LogP contribution in [0.5, 0.6) is 5.88 Å². The van der Waals surface area contributed by atoms with Crippen molar-refractivity contribution in [2.45, 2.75) is 32.9 Å². The summed E-state index contributed by atoms with van der Waals surface area (Å²) >= 11 is 0. The normalized spacial score (nSPS) is 15.6. The van der Waals surface area contributed by atoms with Gasteiger partial charge in [-0.3, -0.25) is 10.1 Å². The van der Waals surface area contributed by atoms with E-state index in [1.54, 1.807) is 11.6 Å². The summed E-state index contributed by atoms with van der Waals surface area (Å²) in [6, 6.07) is 0. The van der Waals surface area contributed by atoms with E-state index in [4.69, 9.17) is 4.74 Å². The SMILES string of the molecule is CCCn1nc(C)c([N+](=O)[O-])c1OC1CNC1. The molecule has 0 bridgehead atoms. The highest BCUT2D eigenvalue weighted by atomic mass is 16.6. The van der Waals surface area contributed by atoms with E-state index in [0.717, 1.165) is 19.5 Å². The minimum absolute atomic E-state index is 0.00894. The Kier molecular flexibility index (Phi) is 3.28. The highest BCUT2D eigenvalue weighted by molar-refractivity contribution is 5.46. The van der Waals surface area contributed by atoms with Gasteiger partial charge in [-0.05, 0) is 13.3 Å². The molecule has 1 aromatic heterocycles. The molecule has 94 valence electrons. The molecule has 7 heteroatoms. The summed E-state index contributed by atoms with van der Waals surface area (Å²) in [6.07, 6.45) is 0.873. The lowest BCUT2D eigenvalue weighted by atomic mass is 10.2. The quantitative estimate of drug-likeness (QED) is 0.609. The van der Waals surface area contributed by atoms with E-state index in [0.29, 0.717) is 18.1 Å². The lowest BCUT2D eigenvalue weighted by Gasteiger charge is -2.27. The van der Waals surface area contributed by atoms with Gasteiger partial charge < -0.3 is 10.1 Å². The molecule has 1 fully saturated rings. The van der Waals surface area contributed by atoms with Crippen LogP contribution in [-0.2, 0) is 6.54 Å². The van der Waals surface area contributed by atoms with Gasteiger partial charge in [0.15, 0.2) is 0 Å². The van der Waals surface area contributed by atoms with E-state index >= 15 is 0 Å². The molecule has 1 aliphatic rings. The Morgan fingerprint density at radius 2 is 2.35 bits per heavy atom. The predicted molar refractivity (Wildman–Crippen MR) is 61.2 cm³/mol. The number of aromatic nitrogens is 2. The van der Waals surface area contributed by atoms with Crippen LogP contribution < -0.4 is 10.1 Å². The smallest absolute Gasteiger partial charge is 0.353 e. The molecular formula is C10H16N4O3. The number of hydrogen-bond acceptors (Lipinski definition) is 5. The van der Waals surface area contributed by atoms with E-state index in [1.807, 2.05) is 6.92 Å². The molecule has 0 saturated carbocycles. The lowest BCUT2D eigenvalue weighted by molar-refractivity contribution is -0.386. The van der Waals surface area contributed by atoms with E-state index in [9.17, 15) is 10.1 Å². The summed E-state index contributed by atoms with van der Waals surface area (Å²) in [5.74, 6) is 0.292. The largest absolute Gasteiger partial charge is 0.467 e. The van der Waals surface area contributed by atoms with Crippen LogP contribution in [-0.4, -0.2) is 33.9 Å². The van der Waals surface area contributed by atoms with E-state index < -0.39 is 4.92 Å². The Labute approximate surface area is 98.9 Å². The minimum Gasteiger partial charge on any atom is -0.467 e. The summed E-state index contributed by atoms with van der Waals surface area (Å²) in [4.78, 5) is 10.6. The van der Waals surface area contributed by atoms with Crippen molar-refractivity contribution in [3.05, 3.63) is 15.8 Å². The Balaban J connectivity index is 2.31. The summed E-state index contributed by atoms with van der Waals surface area (Å²) in [5.41, 5.74) is 0.399. The van der Waals surface area contributed by atoms with Crippen LogP contribution in [0.25, 0.3) is 0 Å². The molecule has 0 atom stereocenters. The predicted octanol–water partition coefficient (Wildman–Crippen LogP) is 0.860. The maximum atomic E-state index is 11.0. The van der Waals surface area contributed by atoms with Crippen molar-refractivity contribution in [3.63, 3.8) is 0 Å². The average Bonchev–Trinajstić information content (AvgIpc) is 2.49. The molecule has 17 heavy (non-hydrogen) atoms. The zero-order chi connectivity index (χ0) is 12.4. The van der Waals surface area contributed by atoms with Crippen molar-refractivity contribution >= 4 is 5.69 Å². The van der Waals surface area contributed by atoms with Crippen LogP contribution in [0.4, 0.5) is 5.69 Å². The van der Waals surface area contributed by atoms with Crippen molar-refractivity contribution in [2.24, 2.45) is 0 Å². The maximum absolute atomic E-state index is 11.0. The third-order valence-corrected chi connectivity index (χ3v) is 2.69. The number of ether oxygens (including phenoxy) is 1. The molecule has 0 spiro atoms. The number of nitrogens with zero attached hydrogens (tertiary/aromatic N) is 3. The van der Waals surface area contributed by atoms with Crippen molar-refractivity contribution in [1.82, 2.24) is 15.1 Å². The summed E-state index contributed by atoms with van der Waals surface area (Å²) in [6.45, 7) is 5.72. The van der Waals surface area contributed by atoms with Gasteiger partial charge in [-0.2, -0.15) is 5.10 Å². The Morgan fingerprint density at radius 1 is 1.65 bits per heavy atom. The van der Waals surface area contributed by atoms with Gasteiger partial charge in [0, 0.05) is 19.6 Å². The fourth-order valence-corrected chi connectivity index (χ4v) is 1.74. The first kappa shape index (κ1) is 11.8. The van der Waals surface area contributed by atoms with Gasteiger partial charge in [0.05, 0.1) is 4.92 Å². The third kappa shape index (κ3) is 2.23. The molecule has 7 nitrogen and oxygen atoms in total. The number of rotatable bonds is 5. The van der Waals surface area contributed by atoms with Crippen LogP contribution in [0.2, 0.25) is 0 Å². The van der Waals surface area contributed by atoms with Crippen molar-refractivity contribution in [2.75, 3.05) is 13.1 Å². The summed E-state index contributed by atoms with van der Waals surface area (Å²) < 4.78 is 7.23. The third-order valence-electron chi connectivity index (χ3n) is 2.69. The molecule has 0 unspecified atom stereocenters. The Hall–Kier alpha value is -1.63. The first-order valence-electron chi connectivity index (χ1n) is 5.72. The van der Waals surface area contributed by atoms with Crippen LogP contribution in [0.15, 0.2) is 0 Å². The second-order valence-corrected chi connectivity index (χ2v) is 4.12. The van der Waals surface area contributed by atoms with Crippen LogP contribution in [0.1, 0.15) is 19.0 Å². The first-order chi connectivity index (χ1) is 8.13. The fraction of sp³-hybridized carbons (Fsp3) is 0.700. The van der Waals surface area contributed by atoms with Crippen molar-refractivity contribution < 1.29 is 9.66 Å². The summed E-state index contributed by atoms with van der Waals surface area (Å²) in [7, 11) is 0. The van der Waals surface area contributed by atoms with Gasteiger partial charge in [-0.15, -0.1) is 0 Å². The summed E-state index contributed by atoms with van der Waals surface area (Å²) in [5, 5.41) is 18.2. The molecule has 1 aliphatic heterocycles. The van der Waals surface area contributed by atoms with Gasteiger partial charge in [0.2, 0.25) is 0 Å². The second kappa shape index (κ2) is 4.70. The molecule has 0 radical (unpaired) electrons. The van der Waals surface area contributed by atoms with Crippen LogP contribution >= 0.6 is 0 Å². The highest BCUT2D eigenvalue weighted by Gasteiger charge is 2.30. The van der Waals surface area contributed by atoms with Crippen LogP contribution in [0, 0.1) is 17.0 Å². The number of hydrogen-bond donors (Lipinski definition) is 1. The Bertz CT molecular complexity index is 425. The molecule has 0 amide bonds. The van der Waals surface area contributed by atoms with Crippen molar-refractivity contribution in [1.29, 1.82) is 0 Å². The van der Waals surface area contributed by atoms with Crippen LogP contribution in [0.3, 0.4) is 0 Å². The zero-order valence-electron chi connectivity index (χ0n) is 9.97. The van der Waals surface area contributed by atoms with E-state index in [1.165, 1.54) is 0 Å². The minimum atomic E-state index is -0.421. The molecule has 1 saturated heterocycles. The molecule has 0 aliphatic carbocycles. The van der Waals surface area contributed by atoms with Crippen molar-refractivity contribution in [3.8, 4) is 5.88 Å². The van der Waals surface area contributed by atoms with Gasteiger partial charge in [-0.25, -0.2) is 4.68 Å². The molecule has 1 aromatic rings. The maximum Gasteiger partial charge on any atom is 0.353 e. The van der Waals surface area contributed by atoms with Gasteiger partial charge in [-0.1, -0.05) is 6.92 Å². The first-order valence-corrected chi connectivity index (χ1v) is 5.72. The Morgan fingerprint density at radius 3 is 2.82 bits per heavy atom. The van der Waals surface area contributed by atoms with Gasteiger partial charge in [0.25, 0.3) is 5.88 Å². The lowest BCUT2D eigenvalue weighted by Crippen LogP contribution is -2.50. The second-order valence-electron chi connectivity index (χ2n) is 4.12. The molecule has 0 aromatic carbocycles. The monoisotopic (exact) mass is 240 g/mol. The fourth-order valence-electron chi connectivity index (χ4n) is 1.74. The average molecular weight is 240 g/mol. The van der Waals surface area contributed by atoms with Gasteiger partial charge >= 0.3 is 5.69 Å². The molecule has 1 N–H and O–H groups in total. The van der Waals surface area contributed by atoms with E-state index in [2.05, 4.69) is 10.4 Å². The van der Waals surface area contributed by atoms with Gasteiger partial charge in [0.1, 0.15) is 11.8 Å². The standard InChI is InChI=1S/C10H16N4O3/c1-3-4-13-10(17-8-5-11-6-8)9(14(15)16)7(2)12-13/h8,11H,3-6H2,1-2H3. The highest BCUT2D eigenvalue weighted by Crippen LogP contribution is 2.31. The molecule has 2 rings (SSSR count). The van der Waals surface area contributed by atoms with E-state index in [-0.39, 0.29) is 11.8 Å². The molecule has 2 heterocycles. The zero-order valence-corrected chi connectivity index (χ0v) is 9.97. The topological polar surface area (TPSA) is 82.2 Å². The number of aryl methyl sites for hydroxylation is 2.